The molecule has 2 rings (SSSR count). The number of aromatic nitrogens is 4. The van der Waals surface area contributed by atoms with E-state index in [-0.39, 0.29) is 16.7 Å². The first-order chi connectivity index (χ1) is 9.81. The molecule has 2 heterocycles. The SMILES string of the molecule is Cc1nn(C)cc1CNc1c([N+](=O)[O-])c(C)nn1C(C)C. The molecule has 0 amide bonds. The predicted molar refractivity (Wildman–Crippen MR) is 79.3 cm³/mol. The summed E-state index contributed by atoms with van der Waals surface area (Å²) in [6.45, 7) is 7.92. The summed E-state index contributed by atoms with van der Waals surface area (Å²) < 4.78 is 3.38. The van der Waals surface area contributed by atoms with Crippen molar-refractivity contribution in [3.63, 3.8) is 0 Å². The third kappa shape index (κ3) is 2.88. The van der Waals surface area contributed by atoms with Gasteiger partial charge in [-0.15, -0.1) is 0 Å². The maximum Gasteiger partial charge on any atom is 0.333 e. The summed E-state index contributed by atoms with van der Waals surface area (Å²) >= 11 is 0. The molecule has 0 fully saturated rings. The van der Waals surface area contributed by atoms with Crippen LogP contribution in [0.1, 0.15) is 36.8 Å². The molecule has 0 saturated carbocycles. The van der Waals surface area contributed by atoms with Gasteiger partial charge in [0.1, 0.15) is 5.69 Å². The molecule has 0 aromatic carbocycles. The number of nitrogens with zero attached hydrogens (tertiary/aromatic N) is 5. The highest BCUT2D eigenvalue weighted by Crippen LogP contribution is 2.31. The molecule has 0 saturated heterocycles. The average Bonchev–Trinajstić information content (AvgIpc) is 2.86. The van der Waals surface area contributed by atoms with Crippen molar-refractivity contribution in [3.05, 3.63) is 33.3 Å². The van der Waals surface area contributed by atoms with Gasteiger partial charge in [-0.1, -0.05) is 0 Å². The quantitative estimate of drug-likeness (QED) is 0.674. The van der Waals surface area contributed by atoms with Crippen molar-refractivity contribution in [3.8, 4) is 0 Å². The number of nitro groups is 1. The van der Waals surface area contributed by atoms with Gasteiger partial charge in [-0.25, -0.2) is 4.68 Å². The van der Waals surface area contributed by atoms with Crippen molar-refractivity contribution >= 4 is 11.5 Å². The highest BCUT2D eigenvalue weighted by Gasteiger charge is 2.26. The monoisotopic (exact) mass is 292 g/mol. The molecule has 0 radical (unpaired) electrons. The summed E-state index contributed by atoms with van der Waals surface area (Å²) in [7, 11) is 1.85. The normalized spacial score (nSPS) is 11.1. The van der Waals surface area contributed by atoms with E-state index in [1.807, 2.05) is 34.0 Å². The highest BCUT2D eigenvalue weighted by molar-refractivity contribution is 5.60. The van der Waals surface area contributed by atoms with Crippen LogP contribution in [0.2, 0.25) is 0 Å². The van der Waals surface area contributed by atoms with Crippen molar-refractivity contribution in [2.45, 2.75) is 40.3 Å². The minimum Gasteiger partial charge on any atom is -0.360 e. The first-order valence-corrected chi connectivity index (χ1v) is 6.77. The van der Waals surface area contributed by atoms with Crippen LogP contribution in [0.25, 0.3) is 0 Å². The molecule has 0 aliphatic heterocycles. The molecule has 1 N–H and O–H groups in total. The van der Waals surface area contributed by atoms with Crippen LogP contribution in [0.5, 0.6) is 0 Å². The van der Waals surface area contributed by atoms with Crippen molar-refractivity contribution < 1.29 is 4.92 Å². The smallest absolute Gasteiger partial charge is 0.333 e. The summed E-state index contributed by atoms with van der Waals surface area (Å²) in [6.07, 6.45) is 1.90. The molecule has 114 valence electrons. The number of rotatable bonds is 5. The topological polar surface area (TPSA) is 90.8 Å². The van der Waals surface area contributed by atoms with Crippen LogP contribution in [0, 0.1) is 24.0 Å². The zero-order valence-corrected chi connectivity index (χ0v) is 12.9. The Morgan fingerprint density at radius 2 is 2.00 bits per heavy atom. The molecule has 8 heteroatoms. The number of hydrogen-bond acceptors (Lipinski definition) is 5. The Labute approximate surface area is 122 Å². The zero-order valence-electron chi connectivity index (χ0n) is 12.9. The van der Waals surface area contributed by atoms with Gasteiger partial charge >= 0.3 is 5.69 Å². The number of anilines is 1. The lowest BCUT2D eigenvalue weighted by Gasteiger charge is -2.11. The Morgan fingerprint density at radius 1 is 1.33 bits per heavy atom. The largest absolute Gasteiger partial charge is 0.360 e. The van der Waals surface area contributed by atoms with E-state index in [9.17, 15) is 10.1 Å². The van der Waals surface area contributed by atoms with Crippen LogP contribution < -0.4 is 5.32 Å². The van der Waals surface area contributed by atoms with E-state index in [1.54, 1.807) is 16.3 Å². The fraction of sp³-hybridized carbons (Fsp3) is 0.538. The molecule has 21 heavy (non-hydrogen) atoms. The van der Waals surface area contributed by atoms with Gasteiger partial charge in [-0.05, 0) is 27.7 Å². The van der Waals surface area contributed by atoms with Gasteiger partial charge in [0.05, 0.1) is 10.6 Å². The van der Waals surface area contributed by atoms with E-state index in [0.29, 0.717) is 18.1 Å². The number of aryl methyl sites for hydroxylation is 3. The lowest BCUT2D eigenvalue weighted by Crippen LogP contribution is -2.11. The highest BCUT2D eigenvalue weighted by atomic mass is 16.6. The standard InChI is InChI=1S/C13H20N6O2/c1-8(2)18-13(12(19(20)21)10(4)16-18)14-6-11-7-17(5)15-9(11)3/h7-8,14H,6H2,1-5H3. The van der Waals surface area contributed by atoms with E-state index in [0.717, 1.165) is 11.3 Å². The van der Waals surface area contributed by atoms with Crippen molar-refractivity contribution in [2.75, 3.05) is 5.32 Å². The Balaban J connectivity index is 2.34. The Hall–Kier alpha value is -2.38. The number of hydrogen-bond donors (Lipinski definition) is 1. The van der Waals surface area contributed by atoms with Crippen LogP contribution in [0.4, 0.5) is 11.5 Å². The fourth-order valence-electron chi connectivity index (χ4n) is 2.30. The molecule has 2 aromatic heterocycles. The molecule has 0 aliphatic carbocycles. The van der Waals surface area contributed by atoms with Crippen LogP contribution in [-0.2, 0) is 13.6 Å². The molecule has 2 aromatic rings. The Bertz CT molecular complexity index is 670. The van der Waals surface area contributed by atoms with Gasteiger partial charge in [0.25, 0.3) is 0 Å². The van der Waals surface area contributed by atoms with Gasteiger partial charge in [0.2, 0.25) is 5.82 Å². The first-order valence-electron chi connectivity index (χ1n) is 6.77. The van der Waals surface area contributed by atoms with Crippen LogP contribution >= 0.6 is 0 Å². The van der Waals surface area contributed by atoms with Crippen molar-refractivity contribution in [2.24, 2.45) is 7.05 Å². The lowest BCUT2D eigenvalue weighted by molar-refractivity contribution is -0.384. The molecule has 0 bridgehead atoms. The maximum absolute atomic E-state index is 11.3. The van der Waals surface area contributed by atoms with Crippen LogP contribution in [0.15, 0.2) is 6.20 Å². The van der Waals surface area contributed by atoms with E-state index >= 15 is 0 Å². The van der Waals surface area contributed by atoms with Crippen LogP contribution in [0.3, 0.4) is 0 Å². The fourth-order valence-corrected chi connectivity index (χ4v) is 2.30. The predicted octanol–water partition coefficient (Wildman–Crippen LogP) is 2.33. The van der Waals surface area contributed by atoms with Crippen LogP contribution in [-0.4, -0.2) is 24.5 Å². The van der Waals surface area contributed by atoms with Gasteiger partial charge in [0.15, 0.2) is 0 Å². The Morgan fingerprint density at radius 3 is 2.48 bits per heavy atom. The average molecular weight is 292 g/mol. The second kappa shape index (κ2) is 5.55. The summed E-state index contributed by atoms with van der Waals surface area (Å²) in [5, 5.41) is 22.9. The van der Waals surface area contributed by atoms with Crippen molar-refractivity contribution in [1.29, 1.82) is 0 Å². The third-order valence-corrected chi connectivity index (χ3v) is 3.29. The molecule has 0 spiro atoms. The molecule has 0 aliphatic rings. The second-order valence-corrected chi connectivity index (χ2v) is 5.35. The minimum absolute atomic E-state index is 0.0326. The van der Waals surface area contributed by atoms with E-state index in [2.05, 4.69) is 15.5 Å². The van der Waals surface area contributed by atoms with Gasteiger partial charge in [0, 0.05) is 31.4 Å². The van der Waals surface area contributed by atoms with E-state index in [1.165, 1.54) is 0 Å². The first kappa shape index (κ1) is 15.0. The zero-order chi connectivity index (χ0) is 15.7. The van der Waals surface area contributed by atoms with Gasteiger partial charge in [-0.3, -0.25) is 14.8 Å². The molecular formula is C13H20N6O2. The summed E-state index contributed by atoms with van der Waals surface area (Å²) in [6, 6.07) is 0.0369. The maximum atomic E-state index is 11.3. The van der Waals surface area contributed by atoms with Gasteiger partial charge in [-0.2, -0.15) is 10.2 Å². The molecular weight excluding hydrogens is 272 g/mol. The second-order valence-electron chi connectivity index (χ2n) is 5.35. The molecule has 0 atom stereocenters. The summed E-state index contributed by atoms with van der Waals surface area (Å²) in [4.78, 5) is 10.9. The van der Waals surface area contributed by atoms with E-state index in [4.69, 9.17) is 0 Å². The number of nitrogens with one attached hydrogen (secondary N) is 1. The Kier molecular flexibility index (Phi) is 3.97. The van der Waals surface area contributed by atoms with Gasteiger partial charge < -0.3 is 5.32 Å². The molecule has 8 nitrogen and oxygen atoms in total. The minimum atomic E-state index is -0.389. The summed E-state index contributed by atoms with van der Waals surface area (Å²) in [5.41, 5.74) is 2.35. The van der Waals surface area contributed by atoms with E-state index < -0.39 is 0 Å². The lowest BCUT2D eigenvalue weighted by atomic mass is 10.2. The molecule has 0 unspecified atom stereocenters. The summed E-state index contributed by atoms with van der Waals surface area (Å²) in [5.74, 6) is 0.441. The van der Waals surface area contributed by atoms with Crippen molar-refractivity contribution in [1.82, 2.24) is 19.6 Å². The third-order valence-electron chi connectivity index (χ3n) is 3.29.